The molecule has 2 rings (SSSR count). The Balaban J connectivity index is 2.14. The van der Waals surface area contributed by atoms with E-state index < -0.39 is 5.38 Å². The Kier molecular flexibility index (Phi) is 5.45. The number of ether oxygens (including phenoxy) is 1. The SMILES string of the molecule is COc1ccc(C(Cl)C(=O)Nc2ccccc2C(C)C)cc1. The quantitative estimate of drug-likeness (QED) is 0.809. The van der Waals surface area contributed by atoms with Gasteiger partial charge >= 0.3 is 0 Å². The van der Waals surface area contributed by atoms with Gasteiger partial charge in [0.25, 0.3) is 0 Å². The van der Waals surface area contributed by atoms with Gasteiger partial charge in [-0.25, -0.2) is 0 Å². The zero-order chi connectivity index (χ0) is 16.1. The van der Waals surface area contributed by atoms with Gasteiger partial charge in [0.05, 0.1) is 7.11 Å². The summed E-state index contributed by atoms with van der Waals surface area (Å²) in [4.78, 5) is 12.4. The van der Waals surface area contributed by atoms with Crippen LogP contribution in [0.1, 0.15) is 36.3 Å². The molecule has 1 atom stereocenters. The fraction of sp³-hybridized carbons (Fsp3) is 0.278. The number of para-hydroxylation sites is 1. The molecule has 0 radical (unpaired) electrons. The highest BCUT2D eigenvalue weighted by Gasteiger charge is 2.19. The minimum atomic E-state index is -0.744. The van der Waals surface area contributed by atoms with E-state index in [4.69, 9.17) is 16.3 Å². The molecule has 0 spiro atoms. The highest BCUT2D eigenvalue weighted by Crippen LogP contribution is 2.28. The van der Waals surface area contributed by atoms with Crippen LogP contribution in [0.2, 0.25) is 0 Å². The van der Waals surface area contributed by atoms with Gasteiger partial charge in [-0.05, 0) is 35.2 Å². The summed E-state index contributed by atoms with van der Waals surface area (Å²) in [6, 6.07) is 14.9. The van der Waals surface area contributed by atoms with Gasteiger partial charge < -0.3 is 10.1 Å². The number of rotatable bonds is 5. The Morgan fingerprint density at radius 1 is 1.09 bits per heavy atom. The highest BCUT2D eigenvalue weighted by molar-refractivity contribution is 6.32. The summed E-state index contributed by atoms with van der Waals surface area (Å²) in [7, 11) is 1.60. The van der Waals surface area contributed by atoms with Gasteiger partial charge in [-0.1, -0.05) is 44.2 Å². The van der Waals surface area contributed by atoms with Crippen LogP contribution < -0.4 is 10.1 Å². The van der Waals surface area contributed by atoms with Crippen LogP contribution >= 0.6 is 11.6 Å². The molecule has 0 aliphatic rings. The van der Waals surface area contributed by atoms with E-state index in [-0.39, 0.29) is 5.91 Å². The fourth-order valence-corrected chi connectivity index (χ4v) is 2.43. The molecule has 0 fully saturated rings. The maximum atomic E-state index is 12.4. The van der Waals surface area contributed by atoms with Crippen molar-refractivity contribution < 1.29 is 9.53 Å². The first-order chi connectivity index (χ1) is 10.5. The third-order valence-electron chi connectivity index (χ3n) is 3.48. The van der Waals surface area contributed by atoms with Crippen LogP contribution in [0.3, 0.4) is 0 Å². The molecule has 22 heavy (non-hydrogen) atoms. The van der Waals surface area contributed by atoms with Crippen molar-refractivity contribution in [1.82, 2.24) is 0 Å². The first-order valence-corrected chi connectivity index (χ1v) is 7.64. The van der Waals surface area contributed by atoms with E-state index in [0.29, 0.717) is 5.92 Å². The van der Waals surface area contributed by atoms with Crippen molar-refractivity contribution in [2.24, 2.45) is 0 Å². The summed E-state index contributed by atoms with van der Waals surface area (Å²) in [5, 5.41) is 2.17. The number of amides is 1. The van der Waals surface area contributed by atoms with E-state index in [2.05, 4.69) is 19.2 Å². The number of halogens is 1. The first kappa shape index (κ1) is 16.4. The van der Waals surface area contributed by atoms with E-state index in [1.165, 1.54) is 0 Å². The zero-order valence-corrected chi connectivity index (χ0v) is 13.7. The third kappa shape index (κ3) is 3.80. The zero-order valence-electron chi connectivity index (χ0n) is 13.0. The molecule has 1 amide bonds. The predicted molar refractivity (Wildman–Crippen MR) is 90.7 cm³/mol. The van der Waals surface area contributed by atoms with Crippen LogP contribution in [0.15, 0.2) is 48.5 Å². The fourth-order valence-electron chi connectivity index (χ4n) is 2.23. The molecule has 0 saturated heterocycles. The first-order valence-electron chi connectivity index (χ1n) is 7.20. The number of nitrogens with one attached hydrogen (secondary N) is 1. The number of hydrogen-bond acceptors (Lipinski definition) is 2. The van der Waals surface area contributed by atoms with Gasteiger partial charge in [0.1, 0.15) is 11.1 Å². The monoisotopic (exact) mass is 317 g/mol. The van der Waals surface area contributed by atoms with Crippen molar-refractivity contribution >= 4 is 23.2 Å². The van der Waals surface area contributed by atoms with Crippen LogP contribution in [0.4, 0.5) is 5.69 Å². The summed E-state index contributed by atoms with van der Waals surface area (Å²) in [5.41, 5.74) is 2.64. The van der Waals surface area contributed by atoms with Gasteiger partial charge in [-0.15, -0.1) is 11.6 Å². The summed E-state index contributed by atoms with van der Waals surface area (Å²) in [6.45, 7) is 4.18. The summed E-state index contributed by atoms with van der Waals surface area (Å²) in [5.74, 6) is 0.823. The Hall–Kier alpha value is -2.00. The smallest absolute Gasteiger partial charge is 0.246 e. The Morgan fingerprint density at radius 2 is 1.73 bits per heavy atom. The van der Waals surface area contributed by atoms with Gasteiger partial charge in [-0.3, -0.25) is 4.79 Å². The van der Waals surface area contributed by atoms with Gasteiger partial charge in [0, 0.05) is 5.69 Å². The minimum absolute atomic E-state index is 0.236. The van der Waals surface area contributed by atoms with E-state index in [0.717, 1.165) is 22.6 Å². The van der Waals surface area contributed by atoms with Crippen LogP contribution in [0.25, 0.3) is 0 Å². The molecule has 0 saturated carbocycles. The van der Waals surface area contributed by atoms with Crippen molar-refractivity contribution in [3.8, 4) is 5.75 Å². The topological polar surface area (TPSA) is 38.3 Å². The second kappa shape index (κ2) is 7.32. The lowest BCUT2D eigenvalue weighted by Crippen LogP contribution is -2.18. The predicted octanol–water partition coefficient (Wildman–Crippen LogP) is 4.74. The van der Waals surface area contributed by atoms with Crippen LogP contribution in [-0.2, 0) is 4.79 Å². The number of methoxy groups -OCH3 is 1. The largest absolute Gasteiger partial charge is 0.497 e. The molecule has 1 N–H and O–H groups in total. The molecule has 0 aliphatic heterocycles. The summed E-state index contributed by atoms with van der Waals surface area (Å²) >= 11 is 6.28. The highest BCUT2D eigenvalue weighted by atomic mass is 35.5. The van der Waals surface area contributed by atoms with E-state index >= 15 is 0 Å². The van der Waals surface area contributed by atoms with Crippen LogP contribution in [-0.4, -0.2) is 13.0 Å². The lowest BCUT2D eigenvalue weighted by molar-refractivity contribution is -0.116. The number of alkyl halides is 1. The second-order valence-electron chi connectivity index (χ2n) is 5.37. The van der Waals surface area contributed by atoms with E-state index in [9.17, 15) is 4.79 Å². The van der Waals surface area contributed by atoms with E-state index in [1.807, 2.05) is 24.3 Å². The average Bonchev–Trinajstić information content (AvgIpc) is 2.54. The summed E-state index contributed by atoms with van der Waals surface area (Å²) < 4.78 is 5.10. The molecule has 116 valence electrons. The standard InChI is InChI=1S/C18H20ClNO2/c1-12(2)15-6-4-5-7-16(15)20-18(21)17(19)13-8-10-14(22-3)11-9-13/h4-12,17H,1-3H3,(H,20,21). The Morgan fingerprint density at radius 3 is 2.32 bits per heavy atom. The van der Waals surface area contributed by atoms with Crippen molar-refractivity contribution in [2.45, 2.75) is 25.1 Å². The molecule has 0 aliphatic carbocycles. The average molecular weight is 318 g/mol. The van der Waals surface area contributed by atoms with Crippen molar-refractivity contribution in [3.05, 3.63) is 59.7 Å². The number of benzene rings is 2. The minimum Gasteiger partial charge on any atom is -0.497 e. The van der Waals surface area contributed by atoms with Crippen LogP contribution in [0, 0.1) is 0 Å². The molecule has 4 heteroatoms. The lowest BCUT2D eigenvalue weighted by atomic mass is 10.0. The third-order valence-corrected chi connectivity index (χ3v) is 3.93. The normalized spacial score (nSPS) is 12.0. The Labute approximate surface area is 136 Å². The lowest BCUT2D eigenvalue weighted by Gasteiger charge is -2.16. The maximum Gasteiger partial charge on any atom is 0.246 e. The molecule has 1 unspecified atom stereocenters. The van der Waals surface area contributed by atoms with Gasteiger partial charge in [0.15, 0.2) is 0 Å². The van der Waals surface area contributed by atoms with Crippen LogP contribution in [0.5, 0.6) is 5.75 Å². The maximum absolute atomic E-state index is 12.4. The molecule has 0 aromatic heterocycles. The van der Waals surface area contributed by atoms with Gasteiger partial charge in [-0.2, -0.15) is 0 Å². The molecular weight excluding hydrogens is 298 g/mol. The molecule has 2 aromatic carbocycles. The van der Waals surface area contributed by atoms with Crippen molar-refractivity contribution in [3.63, 3.8) is 0 Å². The van der Waals surface area contributed by atoms with Crippen molar-refractivity contribution in [1.29, 1.82) is 0 Å². The Bertz CT molecular complexity index is 638. The summed E-state index contributed by atoms with van der Waals surface area (Å²) in [6.07, 6.45) is 0. The number of anilines is 1. The molecule has 0 bridgehead atoms. The number of carbonyl (C=O) groups is 1. The second-order valence-corrected chi connectivity index (χ2v) is 5.80. The van der Waals surface area contributed by atoms with Crippen molar-refractivity contribution in [2.75, 3.05) is 12.4 Å². The molecule has 2 aromatic rings. The molecule has 0 heterocycles. The number of hydrogen-bond donors (Lipinski definition) is 1. The molecular formula is C18H20ClNO2. The van der Waals surface area contributed by atoms with Gasteiger partial charge in [0.2, 0.25) is 5.91 Å². The van der Waals surface area contributed by atoms with E-state index in [1.54, 1.807) is 31.4 Å². The molecule has 3 nitrogen and oxygen atoms in total. The number of carbonyl (C=O) groups excluding carboxylic acids is 1.